The summed E-state index contributed by atoms with van der Waals surface area (Å²) < 4.78 is 1.89. The van der Waals surface area contributed by atoms with Gasteiger partial charge in [0.15, 0.2) is 5.82 Å². The molecule has 192 valence electrons. The molecular weight excluding hydrogens is 478 g/mol. The SMILES string of the molecule is Cc1ccc(C(=O)c2nc3ccccc3n2C/C=C/c2cccc(C(=O)NC3(C(=O)O)CCCC3)c2)cc1. The Hall–Kier alpha value is -4.52. The number of rotatable bonds is 8. The molecule has 1 saturated carbocycles. The molecule has 1 aromatic heterocycles. The molecule has 7 nitrogen and oxygen atoms in total. The number of carbonyl (C=O) groups excluding carboxylic acids is 2. The molecule has 0 saturated heterocycles. The van der Waals surface area contributed by atoms with Crippen LogP contribution in [0.2, 0.25) is 0 Å². The van der Waals surface area contributed by atoms with Crippen molar-refractivity contribution in [3.05, 3.63) is 107 Å². The van der Waals surface area contributed by atoms with Gasteiger partial charge < -0.3 is 15.0 Å². The minimum atomic E-state index is -1.19. The number of para-hydroxylation sites is 2. The third kappa shape index (κ3) is 5.00. The molecule has 4 aromatic rings. The van der Waals surface area contributed by atoms with Crippen LogP contribution in [0.4, 0.5) is 0 Å². The van der Waals surface area contributed by atoms with Gasteiger partial charge in [-0.15, -0.1) is 0 Å². The molecule has 1 aliphatic carbocycles. The van der Waals surface area contributed by atoms with Gasteiger partial charge in [0.05, 0.1) is 11.0 Å². The number of aryl methyl sites for hydroxylation is 1. The van der Waals surface area contributed by atoms with Crippen molar-refractivity contribution in [1.82, 2.24) is 14.9 Å². The summed E-state index contributed by atoms with van der Waals surface area (Å²) in [5, 5.41) is 12.4. The highest BCUT2D eigenvalue weighted by atomic mass is 16.4. The van der Waals surface area contributed by atoms with Crippen LogP contribution in [0.5, 0.6) is 0 Å². The lowest BCUT2D eigenvalue weighted by Gasteiger charge is -2.25. The normalized spacial score (nSPS) is 14.7. The van der Waals surface area contributed by atoms with Gasteiger partial charge in [0.2, 0.25) is 5.78 Å². The minimum Gasteiger partial charge on any atom is -0.480 e. The molecule has 0 atom stereocenters. The molecule has 0 bridgehead atoms. The van der Waals surface area contributed by atoms with E-state index >= 15 is 0 Å². The summed E-state index contributed by atoms with van der Waals surface area (Å²) in [5.41, 5.74) is 3.27. The van der Waals surface area contributed by atoms with Crippen molar-refractivity contribution in [2.24, 2.45) is 0 Å². The lowest BCUT2D eigenvalue weighted by atomic mass is 9.97. The first kappa shape index (κ1) is 25.1. The highest BCUT2D eigenvalue weighted by Gasteiger charge is 2.42. The van der Waals surface area contributed by atoms with E-state index in [0.29, 0.717) is 36.3 Å². The fourth-order valence-corrected chi connectivity index (χ4v) is 5.01. The molecular formula is C31H29N3O4. The van der Waals surface area contributed by atoms with E-state index in [2.05, 4.69) is 10.3 Å². The predicted octanol–water partition coefficient (Wildman–Crippen LogP) is 5.42. The van der Waals surface area contributed by atoms with Crippen molar-refractivity contribution in [2.45, 2.75) is 44.7 Å². The highest BCUT2D eigenvalue weighted by molar-refractivity contribution is 6.08. The van der Waals surface area contributed by atoms with Crippen LogP contribution in [0.25, 0.3) is 17.1 Å². The summed E-state index contributed by atoms with van der Waals surface area (Å²) >= 11 is 0. The average Bonchev–Trinajstić information content (AvgIpc) is 3.55. The number of amides is 1. The van der Waals surface area contributed by atoms with Crippen LogP contribution in [0.3, 0.4) is 0 Å². The van der Waals surface area contributed by atoms with E-state index < -0.39 is 17.4 Å². The smallest absolute Gasteiger partial charge is 0.329 e. The lowest BCUT2D eigenvalue weighted by Crippen LogP contribution is -2.52. The van der Waals surface area contributed by atoms with Crippen LogP contribution in [0.15, 0.2) is 78.9 Å². The number of ketones is 1. The Morgan fingerprint density at radius 2 is 1.71 bits per heavy atom. The van der Waals surface area contributed by atoms with Gasteiger partial charge in [0.1, 0.15) is 5.54 Å². The second kappa shape index (κ2) is 10.5. The third-order valence-electron chi connectivity index (χ3n) is 7.14. The van der Waals surface area contributed by atoms with Gasteiger partial charge in [-0.05, 0) is 49.6 Å². The van der Waals surface area contributed by atoms with Crippen LogP contribution in [0, 0.1) is 6.92 Å². The zero-order valence-corrected chi connectivity index (χ0v) is 21.2. The third-order valence-corrected chi connectivity index (χ3v) is 7.14. The molecule has 0 radical (unpaired) electrons. The van der Waals surface area contributed by atoms with Gasteiger partial charge in [-0.1, -0.05) is 79.1 Å². The number of fused-ring (bicyclic) bond motifs is 1. The first-order chi connectivity index (χ1) is 18.4. The van der Waals surface area contributed by atoms with E-state index in [1.165, 1.54) is 0 Å². The van der Waals surface area contributed by atoms with Crippen molar-refractivity contribution < 1.29 is 19.5 Å². The number of aliphatic carboxylic acids is 1. The first-order valence-corrected chi connectivity index (χ1v) is 12.8. The molecule has 1 heterocycles. The van der Waals surface area contributed by atoms with Crippen molar-refractivity contribution in [1.29, 1.82) is 0 Å². The highest BCUT2D eigenvalue weighted by Crippen LogP contribution is 2.30. The summed E-state index contributed by atoms with van der Waals surface area (Å²) in [6.45, 7) is 2.39. The maximum absolute atomic E-state index is 13.3. The molecule has 5 rings (SSSR count). The summed E-state index contributed by atoms with van der Waals surface area (Å²) in [4.78, 5) is 42.7. The number of nitrogens with zero attached hydrogens (tertiary/aromatic N) is 2. The average molecular weight is 508 g/mol. The van der Waals surface area contributed by atoms with E-state index in [9.17, 15) is 19.5 Å². The molecule has 7 heteroatoms. The van der Waals surface area contributed by atoms with Crippen molar-refractivity contribution in [3.8, 4) is 0 Å². The number of aromatic nitrogens is 2. The van der Waals surface area contributed by atoms with Gasteiger partial charge in [-0.25, -0.2) is 9.78 Å². The summed E-state index contributed by atoms with van der Waals surface area (Å²) in [5.74, 6) is -1.16. The first-order valence-electron chi connectivity index (χ1n) is 12.8. The molecule has 1 amide bonds. The van der Waals surface area contributed by atoms with Gasteiger partial charge in [-0.3, -0.25) is 9.59 Å². The number of nitrogens with one attached hydrogen (secondary N) is 1. The number of carbonyl (C=O) groups is 3. The van der Waals surface area contributed by atoms with Crippen LogP contribution in [0.1, 0.15) is 63.4 Å². The largest absolute Gasteiger partial charge is 0.480 e. The monoisotopic (exact) mass is 507 g/mol. The quantitative estimate of drug-likeness (QED) is 0.310. The second-order valence-electron chi connectivity index (χ2n) is 9.81. The Morgan fingerprint density at radius 3 is 2.45 bits per heavy atom. The molecule has 0 aliphatic heterocycles. The van der Waals surface area contributed by atoms with Gasteiger partial charge in [0, 0.05) is 17.7 Å². The topological polar surface area (TPSA) is 101 Å². The lowest BCUT2D eigenvalue weighted by molar-refractivity contribution is -0.144. The van der Waals surface area contributed by atoms with Crippen LogP contribution < -0.4 is 5.32 Å². The fraction of sp³-hybridized carbons (Fsp3) is 0.226. The summed E-state index contributed by atoms with van der Waals surface area (Å²) in [6.07, 6.45) is 6.26. The standard InChI is InChI=1S/C31H29N3O4/c1-21-13-15-23(16-14-21)27(35)28-32-25-11-2-3-12-26(25)34(28)19-7-9-22-8-6-10-24(20-22)29(36)33-31(30(37)38)17-4-5-18-31/h2-3,6-16,20H,4-5,17-19H2,1H3,(H,33,36)(H,37,38)/b9-7+. The molecule has 1 fully saturated rings. The molecule has 3 aromatic carbocycles. The number of carboxylic acids is 1. The Morgan fingerprint density at radius 1 is 0.974 bits per heavy atom. The number of hydrogen-bond donors (Lipinski definition) is 2. The Labute approximate surface area is 220 Å². The van der Waals surface area contributed by atoms with Crippen molar-refractivity contribution in [3.63, 3.8) is 0 Å². The zero-order chi connectivity index (χ0) is 26.7. The van der Waals surface area contributed by atoms with E-state index in [-0.39, 0.29) is 5.78 Å². The van der Waals surface area contributed by atoms with Gasteiger partial charge in [-0.2, -0.15) is 0 Å². The molecule has 38 heavy (non-hydrogen) atoms. The molecule has 2 N–H and O–H groups in total. The number of benzene rings is 3. The second-order valence-corrected chi connectivity index (χ2v) is 9.81. The van der Waals surface area contributed by atoms with E-state index in [1.807, 2.05) is 78.2 Å². The Bertz CT molecular complexity index is 1540. The number of allylic oxidation sites excluding steroid dienone is 1. The van der Waals surface area contributed by atoms with E-state index in [0.717, 1.165) is 35.0 Å². The predicted molar refractivity (Wildman–Crippen MR) is 146 cm³/mol. The fourth-order valence-electron chi connectivity index (χ4n) is 5.01. The summed E-state index contributed by atoms with van der Waals surface area (Å²) in [7, 11) is 0. The molecule has 0 spiro atoms. The van der Waals surface area contributed by atoms with Crippen molar-refractivity contribution >= 4 is 34.8 Å². The Kier molecular flexibility index (Phi) is 6.92. The number of carboxylic acid groups (broad SMARTS) is 1. The molecule has 1 aliphatic rings. The van der Waals surface area contributed by atoms with Crippen molar-refractivity contribution in [2.75, 3.05) is 0 Å². The van der Waals surface area contributed by atoms with E-state index in [4.69, 9.17) is 0 Å². The van der Waals surface area contributed by atoms with Crippen LogP contribution in [-0.2, 0) is 11.3 Å². The zero-order valence-electron chi connectivity index (χ0n) is 21.2. The Balaban J connectivity index is 1.37. The number of imidazole rings is 1. The van der Waals surface area contributed by atoms with Gasteiger partial charge >= 0.3 is 5.97 Å². The van der Waals surface area contributed by atoms with Gasteiger partial charge in [0.25, 0.3) is 5.91 Å². The maximum Gasteiger partial charge on any atom is 0.329 e. The van der Waals surface area contributed by atoms with Crippen LogP contribution in [-0.4, -0.2) is 37.9 Å². The maximum atomic E-state index is 13.3. The van der Waals surface area contributed by atoms with Crippen LogP contribution >= 0.6 is 0 Å². The minimum absolute atomic E-state index is 0.146. The van der Waals surface area contributed by atoms with E-state index in [1.54, 1.807) is 18.2 Å². The molecule has 0 unspecified atom stereocenters. The summed E-state index contributed by atoms with van der Waals surface area (Å²) in [6, 6.07) is 22.2. The number of hydrogen-bond acceptors (Lipinski definition) is 4.